The van der Waals surface area contributed by atoms with Crippen molar-refractivity contribution in [1.82, 2.24) is 0 Å². The van der Waals surface area contributed by atoms with Crippen molar-refractivity contribution < 1.29 is 13.2 Å². The monoisotopic (exact) mass is 223 g/mol. The largest absolute Gasteiger partial charge is 0.390 e. The summed E-state index contributed by atoms with van der Waals surface area (Å²) in [5, 5.41) is 0. The summed E-state index contributed by atoms with van der Waals surface area (Å²) in [5.41, 5.74) is 5.44. The molecule has 0 amide bonds. The van der Waals surface area contributed by atoms with E-state index in [0.29, 0.717) is 4.88 Å². The van der Waals surface area contributed by atoms with Gasteiger partial charge in [0.2, 0.25) is 0 Å². The van der Waals surface area contributed by atoms with Gasteiger partial charge in [0.25, 0.3) is 0 Å². The van der Waals surface area contributed by atoms with E-state index in [-0.39, 0.29) is 0 Å². The minimum Gasteiger partial charge on any atom is -0.323 e. The molecular formula is C9H12F3NS. The first-order valence-corrected chi connectivity index (χ1v) is 5.15. The fourth-order valence-electron chi connectivity index (χ4n) is 1.13. The molecule has 0 aliphatic rings. The Labute approximate surface area is 84.7 Å². The number of hydrogen-bond acceptors (Lipinski definition) is 2. The molecule has 1 aromatic heterocycles. The molecule has 0 aromatic carbocycles. The fraction of sp³-hybridized carbons (Fsp3) is 0.556. The van der Waals surface area contributed by atoms with E-state index < -0.39 is 18.6 Å². The van der Waals surface area contributed by atoms with Gasteiger partial charge in [0.1, 0.15) is 0 Å². The molecule has 0 aliphatic carbocycles. The molecule has 0 saturated carbocycles. The molecule has 1 nitrogen and oxygen atoms in total. The third kappa shape index (κ3) is 3.31. The Balaban J connectivity index is 2.65. The summed E-state index contributed by atoms with van der Waals surface area (Å²) in [6, 6.07) is 2.59. The molecule has 14 heavy (non-hydrogen) atoms. The van der Waals surface area contributed by atoms with Gasteiger partial charge in [0, 0.05) is 15.8 Å². The fourth-order valence-corrected chi connectivity index (χ4v) is 2.09. The van der Waals surface area contributed by atoms with Crippen LogP contribution in [-0.2, 0) is 6.42 Å². The molecule has 0 aliphatic heterocycles. The first kappa shape index (κ1) is 11.5. The van der Waals surface area contributed by atoms with E-state index in [1.807, 2.05) is 13.0 Å². The van der Waals surface area contributed by atoms with Gasteiger partial charge in [0.15, 0.2) is 0 Å². The Morgan fingerprint density at radius 1 is 1.43 bits per heavy atom. The lowest BCUT2D eigenvalue weighted by atomic mass is 10.2. The number of aryl methyl sites for hydroxylation is 1. The topological polar surface area (TPSA) is 26.0 Å². The maximum atomic E-state index is 12.0. The molecule has 1 rings (SSSR count). The van der Waals surface area contributed by atoms with Crippen LogP contribution in [0.5, 0.6) is 0 Å². The van der Waals surface area contributed by atoms with Crippen LogP contribution in [0.15, 0.2) is 12.1 Å². The van der Waals surface area contributed by atoms with E-state index in [0.717, 1.165) is 11.3 Å². The van der Waals surface area contributed by atoms with E-state index in [1.165, 1.54) is 11.3 Å². The summed E-state index contributed by atoms with van der Waals surface area (Å²) >= 11 is 1.36. The molecule has 0 fully saturated rings. The Morgan fingerprint density at radius 2 is 2.07 bits per heavy atom. The van der Waals surface area contributed by atoms with Crippen LogP contribution >= 0.6 is 11.3 Å². The van der Waals surface area contributed by atoms with Gasteiger partial charge >= 0.3 is 6.18 Å². The van der Waals surface area contributed by atoms with Gasteiger partial charge in [-0.3, -0.25) is 0 Å². The van der Waals surface area contributed by atoms with Crippen LogP contribution in [0.3, 0.4) is 0 Å². The van der Waals surface area contributed by atoms with Crippen LogP contribution in [0, 0.1) is 0 Å². The first-order valence-electron chi connectivity index (χ1n) is 4.33. The van der Waals surface area contributed by atoms with Crippen molar-refractivity contribution in [3.05, 3.63) is 21.9 Å². The van der Waals surface area contributed by atoms with Crippen molar-refractivity contribution in [1.29, 1.82) is 0 Å². The molecule has 80 valence electrons. The van der Waals surface area contributed by atoms with Gasteiger partial charge in [0.05, 0.1) is 6.42 Å². The SMILES string of the molecule is CCc1ccc([C@@H](N)CC(F)(F)F)s1. The van der Waals surface area contributed by atoms with Crippen LogP contribution in [0.1, 0.15) is 29.1 Å². The molecule has 1 heterocycles. The van der Waals surface area contributed by atoms with Crippen molar-refractivity contribution in [2.24, 2.45) is 5.73 Å². The van der Waals surface area contributed by atoms with Crippen molar-refractivity contribution in [2.75, 3.05) is 0 Å². The summed E-state index contributed by atoms with van der Waals surface area (Å²) in [6.45, 7) is 1.96. The second-order valence-corrected chi connectivity index (χ2v) is 4.28. The van der Waals surface area contributed by atoms with E-state index in [2.05, 4.69) is 0 Å². The highest BCUT2D eigenvalue weighted by Gasteiger charge is 2.31. The number of alkyl halides is 3. The van der Waals surface area contributed by atoms with Crippen molar-refractivity contribution in [2.45, 2.75) is 32.0 Å². The van der Waals surface area contributed by atoms with E-state index >= 15 is 0 Å². The third-order valence-electron chi connectivity index (χ3n) is 1.85. The highest BCUT2D eigenvalue weighted by atomic mass is 32.1. The zero-order valence-corrected chi connectivity index (χ0v) is 8.58. The summed E-state index contributed by atoms with van der Waals surface area (Å²) in [5.74, 6) is 0. The molecule has 1 atom stereocenters. The van der Waals surface area contributed by atoms with Crippen LogP contribution < -0.4 is 5.73 Å². The minimum atomic E-state index is -4.18. The normalized spacial score (nSPS) is 14.4. The van der Waals surface area contributed by atoms with Crippen molar-refractivity contribution >= 4 is 11.3 Å². The number of hydrogen-bond donors (Lipinski definition) is 1. The van der Waals surface area contributed by atoms with Gasteiger partial charge in [-0.25, -0.2) is 0 Å². The number of thiophene rings is 1. The maximum absolute atomic E-state index is 12.0. The molecule has 0 bridgehead atoms. The zero-order chi connectivity index (χ0) is 10.8. The second kappa shape index (κ2) is 4.31. The van der Waals surface area contributed by atoms with Gasteiger partial charge in [-0.1, -0.05) is 6.92 Å². The molecule has 0 saturated heterocycles. The molecule has 1 aromatic rings. The average Bonchev–Trinajstić information content (AvgIpc) is 2.48. The Bertz CT molecular complexity index is 292. The predicted octanol–water partition coefficient (Wildman–Crippen LogP) is 3.26. The summed E-state index contributed by atoms with van der Waals surface area (Å²) in [4.78, 5) is 1.68. The van der Waals surface area contributed by atoms with Crippen molar-refractivity contribution in [3.63, 3.8) is 0 Å². The molecule has 0 spiro atoms. The number of rotatable bonds is 3. The first-order chi connectivity index (χ1) is 6.42. The Kier molecular flexibility index (Phi) is 3.55. The van der Waals surface area contributed by atoms with Crippen molar-refractivity contribution in [3.8, 4) is 0 Å². The molecule has 2 N–H and O–H groups in total. The van der Waals surface area contributed by atoms with Gasteiger partial charge < -0.3 is 5.73 Å². The lowest BCUT2D eigenvalue weighted by Crippen LogP contribution is -2.19. The molecule has 0 radical (unpaired) electrons. The van der Waals surface area contributed by atoms with Crippen LogP contribution in [0.2, 0.25) is 0 Å². The lowest BCUT2D eigenvalue weighted by Gasteiger charge is -2.11. The average molecular weight is 223 g/mol. The number of halogens is 3. The second-order valence-electron chi connectivity index (χ2n) is 3.08. The standard InChI is InChI=1S/C9H12F3NS/c1-2-6-3-4-8(14-6)7(13)5-9(10,11)12/h3-4,7H,2,5,13H2,1H3/t7-/m0/s1. The smallest absolute Gasteiger partial charge is 0.323 e. The third-order valence-corrected chi connectivity index (χ3v) is 3.21. The molecular weight excluding hydrogens is 211 g/mol. The molecule has 5 heteroatoms. The predicted molar refractivity (Wildman–Crippen MR) is 51.3 cm³/mol. The van der Waals surface area contributed by atoms with Gasteiger partial charge in [-0.2, -0.15) is 13.2 Å². The van der Waals surface area contributed by atoms with E-state index in [1.54, 1.807) is 6.07 Å². The van der Waals surface area contributed by atoms with Crippen LogP contribution in [0.25, 0.3) is 0 Å². The molecule has 0 unspecified atom stereocenters. The van der Waals surface area contributed by atoms with Crippen LogP contribution in [-0.4, -0.2) is 6.18 Å². The highest BCUT2D eigenvalue weighted by Crippen LogP contribution is 2.31. The summed E-state index contributed by atoms with van der Waals surface area (Å²) in [7, 11) is 0. The minimum absolute atomic E-state index is 0.610. The summed E-state index contributed by atoms with van der Waals surface area (Å²) in [6.07, 6.45) is -4.30. The zero-order valence-electron chi connectivity index (χ0n) is 7.77. The van der Waals surface area contributed by atoms with Crippen LogP contribution in [0.4, 0.5) is 13.2 Å². The summed E-state index contributed by atoms with van der Waals surface area (Å²) < 4.78 is 36.0. The maximum Gasteiger partial charge on any atom is 0.390 e. The van der Waals surface area contributed by atoms with E-state index in [9.17, 15) is 13.2 Å². The Hall–Kier alpha value is -0.550. The van der Waals surface area contributed by atoms with E-state index in [4.69, 9.17) is 5.73 Å². The lowest BCUT2D eigenvalue weighted by molar-refractivity contribution is -0.138. The highest BCUT2D eigenvalue weighted by molar-refractivity contribution is 7.12. The Morgan fingerprint density at radius 3 is 2.50 bits per heavy atom. The number of nitrogens with two attached hydrogens (primary N) is 1. The quantitative estimate of drug-likeness (QED) is 0.836. The van der Waals surface area contributed by atoms with Gasteiger partial charge in [-0.05, 0) is 18.6 Å². The van der Waals surface area contributed by atoms with Gasteiger partial charge in [-0.15, -0.1) is 11.3 Å².